The number of carbonyl (C=O) groups excluding carboxylic acids is 1. The zero-order valence-electron chi connectivity index (χ0n) is 11.0. The van der Waals surface area contributed by atoms with Crippen LogP contribution in [0.4, 0.5) is 0 Å². The van der Waals surface area contributed by atoms with E-state index in [1.54, 1.807) is 0 Å². The minimum atomic E-state index is -1.13. The van der Waals surface area contributed by atoms with Crippen LogP contribution in [-0.4, -0.2) is 28.5 Å². The first kappa shape index (κ1) is 13.5. The van der Waals surface area contributed by atoms with E-state index in [0.717, 1.165) is 19.3 Å². The molecule has 5 nitrogen and oxygen atoms in total. The van der Waals surface area contributed by atoms with Crippen LogP contribution in [-0.2, 0) is 0 Å². The first-order valence-electron chi connectivity index (χ1n) is 6.55. The number of amides is 1. The molecule has 1 fully saturated rings. The van der Waals surface area contributed by atoms with Crippen molar-refractivity contribution in [2.45, 2.75) is 32.6 Å². The van der Waals surface area contributed by atoms with Crippen molar-refractivity contribution >= 4 is 11.9 Å². The average molecular weight is 262 g/mol. The van der Waals surface area contributed by atoms with Crippen LogP contribution in [0.15, 0.2) is 18.2 Å². The standard InChI is InChI=1S/C14H18N2O3/c1-2-14(7-4-8-14)9-15-12(17)10-5-3-6-11(16-10)13(18)19/h3,5-6H,2,4,7-9H2,1H3,(H,15,17)(H,18,19). The summed E-state index contributed by atoms with van der Waals surface area (Å²) in [5.74, 6) is -1.43. The molecule has 1 heterocycles. The number of nitrogens with one attached hydrogen (secondary N) is 1. The molecule has 0 saturated heterocycles. The van der Waals surface area contributed by atoms with Gasteiger partial charge in [0.05, 0.1) is 0 Å². The van der Waals surface area contributed by atoms with E-state index in [0.29, 0.717) is 6.54 Å². The molecule has 19 heavy (non-hydrogen) atoms. The SMILES string of the molecule is CCC1(CNC(=O)c2cccc(C(=O)O)n2)CCC1. The Morgan fingerprint density at radius 2 is 2.05 bits per heavy atom. The van der Waals surface area contributed by atoms with Crippen LogP contribution in [0.1, 0.15) is 53.6 Å². The number of carboxylic acids is 1. The normalized spacial score (nSPS) is 16.5. The molecule has 1 aliphatic rings. The molecule has 102 valence electrons. The van der Waals surface area contributed by atoms with E-state index in [1.165, 1.54) is 24.6 Å². The van der Waals surface area contributed by atoms with Gasteiger partial charge in [-0.3, -0.25) is 4.79 Å². The second-order valence-corrected chi connectivity index (χ2v) is 5.10. The second kappa shape index (κ2) is 5.38. The predicted octanol–water partition coefficient (Wildman–Crippen LogP) is 2.09. The lowest BCUT2D eigenvalue weighted by atomic mass is 9.67. The summed E-state index contributed by atoms with van der Waals surface area (Å²) in [4.78, 5) is 26.6. The summed E-state index contributed by atoms with van der Waals surface area (Å²) in [7, 11) is 0. The highest BCUT2D eigenvalue weighted by Crippen LogP contribution is 2.43. The molecule has 1 aromatic heterocycles. The minimum absolute atomic E-state index is 0.110. The van der Waals surface area contributed by atoms with Gasteiger partial charge in [-0.1, -0.05) is 19.4 Å². The molecule has 1 aliphatic carbocycles. The van der Waals surface area contributed by atoms with E-state index < -0.39 is 5.97 Å². The maximum atomic E-state index is 12.0. The van der Waals surface area contributed by atoms with Gasteiger partial charge in [-0.15, -0.1) is 0 Å². The lowest BCUT2D eigenvalue weighted by Crippen LogP contribution is -2.41. The summed E-state index contributed by atoms with van der Waals surface area (Å²) in [6, 6.07) is 4.43. The zero-order chi connectivity index (χ0) is 13.9. The van der Waals surface area contributed by atoms with Crippen LogP contribution in [0.2, 0.25) is 0 Å². The number of pyridine rings is 1. The molecule has 1 amide bonds. The summed E-state index contributed by atoms with van der Waals surface area (Å²) in [5.41, 5.74) is 0.284. The van der Waals surface area contributed by atoms with Crippen molar-refractivity contribution in [3.63, 3.8) is 0 Å². The largest absolute Gasteiger partial charge is 0.477 e. The Labute approximate surface area is 112 Å². The summed E-state index contributed by atoms with van der Waals surface area (Å²) < 4.78 is 0. The number of nitrogens with zero attached hydrogens (tertiary/aromatic N) is 1. The van der Waals surface area contributed by atoms with Crippen LogP contribution in [0.3, 0.4) is 0 Å². The highest BCUT2D eigenvalue weighted by atomic mass is 16.4. The summed E-state index contributed by atoms with van der Waals surface area (Å²) in [6.45, 7) is 2.77. The van der Waals surface area contributed by atoms with Crippen LogP contribution >= 0.6 is 0 Å². The molecule has 0 spiro atoms. The highest BCUT2D eigenvalue weighted by molar-refractivity contribution is 5.94. The van der Waals surface area contributed by atoms with Gasteiger partial charge in [-0.2, -0.15) is 0 Å². The maximum absolute atomic E-state index is 12.0. The van der Waals surface area contributed by atoms with Gasteiger partial charge in [0, 0.05) is 6.54 Å². The quantitative estimate of drug-likeness (QED) is 0.851. The predicted molar refractivity (Wildman–Crippen MR) is 70.1 cm³/mol. The smallest absolute Gasteiger partial charge is 0.354 e. The fourth-order valence-electron chi connectivity index (χ4n) is 2.37. The Balaban J connectivity index is 2.00. The van der Waals surface area contributed by atoms with Gasteiger partial charge in [0.1, 0.15) is 11.4 Å². The van der Waals surface area contributed by atoms with Crippen LogP contribution in [0, 0.1) is 5.41 Å². The van der Waals surface area contributed by atoms with Crippen molar-refractivity contribution in [1.29, 1.82) is 0 Å². The van der Waals surface area contributed by atoms with Crippen molar-refractivity contribution in [3.05, 3.63) is 29.6 Å². The van der Waals surface area contributed by atoms with Gasteiger partial charge < -0.3 is 10.4 Å². The summed E-state index contributed by atoms with van der Waals surface area (Å²) >= 11 is 0. The number of hydrogen-bond acceptors (Lipinski definition) is 3. The fraction of sp³-hybridized carbons (Fsp3) is 0.500. The van der Waals surface area contributed by atoms with Crippen LogP contribution in [0.25, 0.3) is 0 Å². The molecule has 0 unspecified atom stereocenters. The molecule has 0 radical (unpaired) electrons. The monoisotopic (exact) mass is 262 g/mol. The molecule has 1 aromatic rings. The number of carbonyl (C=O) groups is 2. The fourth-order valence-corrected chi connectivity index (χ4v) is 2.37. The lowest BCUT2D eigenvalue weighted by molar-refractivity contribution is 0.0690. The second-order valence-electron chi connectivity index (χ2n) is 5.10. The Kier molecular flexibility index (Phi) is 3.83. The molecule has 0 aliphatic heterocycles. The van der Waals surface area contributed by atoms with Crippen LogP contribution < -0.4 is 5.32 Å². The molecule has 0 bridgehead atoms. The Morgan fingerprint density at radius 1 is 1.37 bits per heavy atom. The van der Waals surface area contributed by atoms with Gasteiger partial charge in [-0.05, 0) is 36.8 Å². The summed E-state index contributed by atoms with van der Waals surface area (Å²) in [6.07, 6.45) is 4.56. The minimum Gasteiger partial charge on any atom is -0.477 e. The average Bonchev–Trinajstić information content (AvgIpc) is 2.38. The van der Waals surface area contributed by atoms with Gasteiger partial charge in [0.15, 0.2) is 0 Å². The molecular formula is C14H18N2O3. The van der Waals surface area contributed by atoms with Gasteiger partial charge >= 0.3 is 5.97 Å². The van der Waals surface area contributed by atoms with Gasteiger partial charge in [0.25, 0.3) is 5.91 Å². The van der Waals surface area contributed by atoms with E-state index in [1.807, 2.05) is 0 Å². The summed E-state index contributed by atoms with van der Waals surface area (Å²) in [5, 5.41) is 11.7. The van der Waals surface area contributed by atoms with E-state index >= 15 is 0 Å². The number of carboxylic acid groups (broad SMARTS) is 1. The Morgan fingerprint density at radius 3 is 2.58 bits per heavy atom. The third-order valence-corrected chi connectivity index (χ3v) is 3.99. The van der Waals surface area contributed by atoms with Crippen LogP contribution in [0.5, 0.6) is 0 Å². The number of aromatic carboxylic acids is 1. The van der Waals surface area contributed by atoms with Crippen molar-refractivity contribution < 1.29 is 14.7 Å². The number of rotatable bonds is 5. The Bertz CT molecular complexity index is 490. The highest BCUT2D eigenvalue weighted by Gasteiger charge is 2.35. The van der Waals surface area contributed by atoms with Gasteiger partial charge in [0.2, 0.25) is 0 Å². The molecule has 1 saturated carbocycles. The molecular weight excluding hydrogens is 244 g/mol. The number of aromatic nitrogens is 1. The molecule has 5 heteroatoms. The maximum Gasteiger partial charge on any atom is 0.354 e. The molecule has 0 atom stereocenters. The number of hydrogen-bond donors (Lipinski definition) is 2. The molecule has 0 aromatic carbocycles. The van der Waals surface area contributed by atoms with E-state index in [4.69, 9.17) is 5.11 Å². The van der Waals surface area contributed by atoms with Crippen molar-refractivity contribution in [1.82, 2.24) is 10.3 Å². The van der Waals surface area contributed by atoms with Gasteiger partial charge in [-0.25, -0.2) is 9.78 Å². The van der Waals surface area contributed by atoms with Crippen molar-refractivity contribution in [3.8, 4) is 0 Å². The topological polar surface area (TPSA) is 79.3 Å². The molecule has 2 N–H and O–H groups in total. The van der Waals surface area contributed by atoms with E-state index in [2.05, 4.69) is 17.2 Å². The van der Waals surface area contributed by atoms with Crippen molar-refractivity contribution in [2.24, 2.45) is 5.41 Å². The first-order valence-corrected chi connectivity index (χ1v) is 6.55. The van der Waals surface area contributed by atoms with E-state index in [-0.39, 0.29) is 22.7 Å². The first-order chi connectivity index (χ1) is 9.06. The third kappa shape index (κ3) is 2.92. The Hall–Kier alpha value is -1.91. The zero-order valence-corrected chi connectivity index (χ0v) is 11.0. The van der Waals surface area contributed by atoms with E-state index in [9.17, 15) is 9.59 Å². The lowest BCUT2D eigenvalue weighted by Gasteiger charge is -2.41. The van der Waals surface area contributed by atoms with Crippen molar-refractivity contribution in [2.75, 3.05) is 6.54 Å². The third-order valence-electron chi connectivity index (χ3n) is 3.99. The molecule has 2 rings (SSSR count).